The Bertz CT molecular complexity index is 1010. The summed E-state index contributed by atoms with van der Waals surface area (Å²) in [5.41, 5.74) is 0.968. The number of hydrogen-bond acceptors (Lipinski definition) is 4. The highest BCUT2D eigenvalue weighted by molar-refractivity contribution is 7.93. The van der Waals surface area contributed by atoms with E-state index in [9.17, 15) is 13.2 Å². The van der Waals surface area contributed by atoms with Crippen LogP contribution in [-0.2, 0) is 14.8 Å². The molecule has 1 atom stereocenters. The van der Waals surface area contributed by atoms with E-state index in [0.29, 0.717) is 0 Å². The Kier molecular flexibility index (Phi) is 8.41. The van der Waals surface area contributed by atoms with Crippen molar-refractivity contribution in [3.63, 3.8) is 0 Å². The Morgan fingerprint density at radius 3 is 2.47 bits per heavy atom. The fraction of sp³-hybridized carbons (Fsp3) is 0.381. The molecule has 2 aromatic rings. The van der Waals surface area contributed by atoms with Crippen molar-refractivity contribution in [2.45, 2.75) is 44.6 Å². The highest BCUT2D eigenvalue weighted by Gasteiger charge is 2.30. The number of hydrogen-bond donors (Lipinski definition) is 1. The first-order chi connectivity index (χ1) is 14.1. The van der Waals surface area contributed by atoms with Gasteiger partial charge in [0.25, 0.3) is 10.0 Å². The summed E-state index contributed by atoms with van der Waals surface area (Å²) in [7, 11) is -2.75. The van der Waals surface area contributed by atoms with Crippen molar-refractivity contribution in [3.8, 4) is 5.75 Å². The summed E-state index contributed by atoms with van der Waals surface area (Å²) in [5, 5.41) is 3.30. The smallest absolute Gasteiger partial charge is 0.268 e. The summed E-state index contributed by atoms with van der Waals surface area (Å²) >= 11 is 12.1. The van der Waals surface area contributed by atoms with Crippen molar-refractivity contribution in [3.05, 3.63) is 52.0 Å². The summed E-state index contributed by atoms with van der Waals surface area (Å²) in [6, 6.07) is 9.19. The van der Waals surface area contributed by atoms with Crippen molar-refractivity contribution < 1.29 is 17.9 Å². The first kappa shape index (κ1) is 24.3. The molecule has 0 heterocycles. The van der Waals surface area contributed by atoms with Crippen LogP contribution in [0.4, 0.5) is 5.69 Å². The maximum Gasteiger partial charge on any atom is 0.268 e. The van der Waals surface area contributed by atoms with Crippen LogP contribution in [0.15, 0.2) is 41.3 Å². The zero-order valence-electron chi connectivity index (χ0n) is 17.4. The summed E-state index contributed by atoms with van der Waals surface area (Å²) in [6.45, 7) is 5.26. The largest absolute Gasteiger partial charge is 0.495 e. The highest BCUT2D eigenvalue weighted by atomic mass is 35.5. The van der Waals surface area contributed by atoms with E-state index < -0.39 is 22.5 Å². The fourth-order valence-corrected chi connectivity index (χ4v) is 4.96. The van der Waals surface area contributed by atoms with Crippen molar-refractivity contribution >= 4 is 44.8 Å². The molecule has 2 aromatic carbocycles. The molecule has 0 radical (unpaired) electrons. The number of sulfonamides is 1. The minimum Gasteiger partial charge on any atom is -0.495 e. The van der Waals surface area contributed by atoms with Crippen LogP contribution in [0.3, 0.4) is 0 Å². The molecule has 164 valence electrons. The third-order valence-electron chi connectivity index (χ3n) is 4.49. The molecule has 6 nitrogen and oxygen atoms in total. The lowest BCUT2D eigenvalue weighted by Gasteiger charge is -2.26. The van der Waals surface area contributed by atoms with Crippen LogP contribution in [0.1, 0.15) is 32.3 Å². The number of aryl methyl sites for hydroxylation is 1. The van der Waals surface area contributed by atoms with Gasteiger partial charge < -0.3 is 10.1 Å². The lowest BCUT2D eigenvalue weighted by atomic mass is 10.2. The second kappa shape index (κ2) is 10.4. The van der Waals surface area contributed by atoms with Gasteiger partial charge in [0.1, 0.15) is 17.2 Å². The van der Waals surface area contributed by atoms with Crippen LogP contribution < -0.4 is 14.4 Å². The number of ether oxygens (including phenoxy) is 1. The van der Waals surface area contributed by atoms with Gasteiger partial charge in [-0.2, -0.15) is 0 Å². The summed E-state index contributed by atoms with van der Waals surface area (Å²) in [5.74, 6) is -0.234. The summed E-state index contributed by atoms with van der Waals surface area (Å²) < 4.78 is 33.5. The number of anilines is 1. The molecule has 0 saturated heterocycles. The Morgan fingerprint density at radius 2 is 1.87 bits per heavy atom. The van der Waals surface area contributed by atoms with Crippen LogP contribution >= 0.6 is 23.2 Å². The summed E-state index contributed by atoms with van der Waals surface area (Å²) in [4.78, 5) is 12.6. The lowest BCUT2D eigenvalue weighted by Crippen LogP contribution is -2.43. The minimum atomic E-state index is -4.15. The van der Waals surface area contributed by atoms with Gasteiger partial charge in [0.2, 0.25) is 5.91 Å². The second-order valence-electron chi connectivity index (χ2n) is 7.02. The Hall–Kier alpha value is -1.96. The summed E-state index contributed by atoms with van der Waals surface area (Å²) in [6.07, 6.45) is 1.69. The molecule has 0 aliphatic heterocycles. The molecule has 0 aliphatic carbocycles. The third kappa shape index (κ3) is 5.80. The molecule has 30 heavy (non-hydrogen) atoms. The Morgan fingerprint density at radius 1 is 1.17 bits per heavy atom. The molecule has 0 aromatic heterocycles. The minimum absolute atomic E-state index is 0.0366. The molecule has 2 rings (SSSR count). The van der Waals surface area contributed by atoms with E-state index in [1.54, 1.807) is 19.1 Å². The molecule has 0 bridgehead atoms. The van der Waals surface area contributed by atoms with E-state index in [0.717, 1.165) is 22.7 Å². The molecule has 0 aliphatic rings. The van der Waals surface area contributed by atoms with E-state index >= 15 is 0 Å². The number of carbonyl (C=O) groups is 1. The predicted molar refractivity (Wildman–Crippen MR) is 121 cm³/mol. The van der Waals surface area contributed by atoms with Crippen molar-refractivity contribution in [1.82, 2.24) is 5.32 Å². The number of benzene rings is 2. The van der Waals surface area contributed by atoms with Gasteiger partial charge in [-0.15, -0.1) is 0 Å². The van der Waals surface area contributed by atoms with Gasteiger partial charge in [0.05, 0.1) is 22.8 Å². The molecular formula is C21H26Cl2N2O4S. The quantitative estimate of drug-likeness (QED) is 0.567. The highest BCUT2D eigenvalue weighted by Crippen LogP contribution is 2.33. The number of amides is 1. The molecule has 0 fully saturated rings. The SMILES string of the molecule is CCCC(C)NC(=O)CN(c1ccc(Cl)c(Cl)c1)S(=O)(=O)c1cc(C)ccc1OC. The predicted octanol–water partition coefficient (Wildman–Crippen LogP) is 4.81. The van der Waals surface area contributed by atoms with Gasteiger partial charge >= 0.3 is 0 Å². The topological polar surface area (TPSA) is 75.7 Å². The van der Waals surface area contributed by atoms with Crippen molar-refractivity contribution in [1.29, 1.82) is 0 Å². The first-order valence-electron chi connectivity index (χ1n) is 9.52. The average Bonchev–Trinajstić information content (AvgIpc) is 2.68. The van der Waals surface area contributed by atoms with Gasteiger partial charge in [0, 0.05) is 6.04 Å². The molecule has 1 amide bonds. The van der Waals surface area contributed by atoms with E-state index in [1.807, 2.05) is 13.8 Å². The van der Waals surface area contributed by atoms with E-state index in [1.165, 1.54) is 31.4 Å². The molecule has 1 N–H and O–H groups in total. The van der Waals surface area contributed by atoms with Crippen LogP contribution in [0, 0.1) is 6.92 Å². The van der Waals surface area contributed by atoms with Gasteiger partial charge in [-0.25, -0.2) is 8.42 Å². The number of carbonyl (C=O) groups excluding carboxylic acids is 1. The van der Waals surface area contributed by atoms with Crippen molar-refractivity contribution in [2.75, 3.05) is 18.0 Å². The fourth-order valence-electron chi connectivity index (χ4n) is 3.02. The normalized spacial score (nSPS) is 12.3. The van der Waals surface area contributed by atoms with Crippen LogP contribution in [0.25, 0.3) is 0 Å². The van der Waals surface area contributed by atoms with Crippen LogP contribution in [0.5, 0.6) is 5.75 Å². The monoisotopic (exact) mass is 472 g/mol. The molecule has 9 heteroatoms. The van der Waals surface area contributed by atoms with Gasteiger partial charge in [-0.3, -0.25) is 9.10 Å². The number of nitrogens with one attached hydrogen (secondary N) is 1. The van der Waals surface area contributed by atoms with Gasteiger partial charge in [-0.05, 0) is 56.2 Å². The number of methoxy groups -OCH3 is 1. The second-order valence-corrected chi connectivity index (χ2v) is 9.67. The zero-order chi connectivity index (χ0) is 22.5. The van der Waals surface area contributed by atoms with E-state index in [2.05, 4.69) is 5.32 Å². The maximum atomic E-state index is 13.6. The van der Waals surface area contributed by atoms with E-state index in [4.69, 9.17) is 27.9 Å². The molecule has 0 spiro atoms. The van der Waals surface area contributed by atoms with E-state index in [-0.39, 0.29) is 32.4 Å². The number of nitrogens with zero attached hydrogens (tertiary/aromatic N) is 1. The maximum absolute atomic E-state index is 13.6. The Balaban J connectivity index is 2.53. The van der Waals surface area contributed by atoms with Crippen LogP contribution in [0.2, 0.25) is 10.0 Å². The Labute approximate surface area is 188 Å². The van der Waals surface area contributed by atoms with Crippen LogP contribution in [-0.4, -0.2) is 34.0 Å². The molecule has 1 unspecified atom stereocenters. The third-order valence-corrected chi connectivity index (χ3v) is 7.03. The standard InChI is InChI=1S/C21H26Cl2N2O4S/c1-5-6-15(3)24-21(26)13-25(16-8-9-17(22)18(23)12-16)30(27,28)20-11-14(2)7-10-19(20)29-4/h7-12,15H,5-6,13H2,1-4H3,(H,24,26). The number of rotatable bonds is 9. The van der Waals surface area contributed by atoms with Crippen molar-refractivity contribution in [2.24, 2.45) is 0 Å². The average molecular weight is 473 g/mol. The number of halogens is 2. The van der Waals surface area contributed by atoms with Gasteiger partial charge in [-0.1, -0.05) is 42.6 Å². The molecular weight excluding hydrogens is 447 g/mol. The lowest BCUT2D eigenvalue weighted by molar-refractivity contribution is -0.120. The van der Waals surface area contributed by atoms with Gasteiger partial charge in [0.15, 0.2) is 0 Å². The zero-order valence-corrected chi connectivity index (χ0v) is 19.7. The molecule has 0 saturated carbocycles. The first-order valence-corrected chi connectivity index (χ1v) is 11.7.